The van der Waals surface area contributed by atoms with Gasteiger partial charge in [-0.3, -0.25) is 9.59 Å². The lowest BCUT2D eigenvalue weighted by Gasteiger charge is -2.32. The van der Waals surface area contributed by atoms with Crippen LogP contribution < -0.4 is 5.32 Å². The number of hydrogen-bond acceptors (Lipinski definition) is 3. The molecule has 0 aliphatic carbocycles. The fourth-order valence-corrected chi connectivity index (χ4v) is 2.49. The van der Waals surface area contributed by atoms with Crippen LogP contribution in [-0.2, 0) is 4.79 Å². The van der Waals surface area contributed by atoms with Crippen LogP contribution in [0, 0.1) is 6.92 Å². The van der Waals surface area contributed by atoms with E-state index in [0.717, 1.165) is 12.0 Å². The first kappa shape index (κ1) is 14.0. The molecule has 2 N–H and O–H groups in total. The SMILES string of the molecule is CCCCC1(O)C(=O)Nc2c(C)ccc(Cl)c2C1=O. The smallest absolute Gasteiger partial charge is 0.264 e. The van der Waals surface area contributed by atoms with Crippen LogP contribution in [0.2, 0.25) is 5.02 Å². The summed E-state index contributed by atoms with van der Waals surface area (Å²) in [6.45, 7) is 3.71. The maximum Gasteiger partial charge on any atom is 0.264 e. The van der Waals surface area contributed by atoms with Gasteiger partial charge >= 0.3 is 0 Å². The molecule has 1 aromatic rings. The molecular formula is C14H16ClNO3. The first-order chi connectivity index (χ1) is 8.91. The van der Waals surface area contributed by atoms with Gasteiger partial charge in [-0.2, -0.15) is 0 Å². The number of carbonyl (C=O) groups is 2. The van der Waals surface area contributed by atoms with Gasteiger partial charge in [0.15, 0.2) is 0 Å². The topological polar surface area (TPSA) is 66.4 Å². The number of aryl methyl sites for hydroxylation is 1. The van der Waals surface area contributed by atoms with E-state index in [0.29, 0.717) is 12.1 Å². The average molecular weight is 282 g/mol. The minimum Gasteiger partial charge on any atom is -0.373 e. The minimum atomic E-state index is -2.00. The Kier molecular flexibility index (Phi) is 3.65. The van der Waals surface area contributed by atoms with Crippen molar-refractivity contribution >= 4 is 29.0 Å². The number of Topliss-reactive ketones (excluding diaryl/α,β-unsaturated/α-hetero) is 1. The number of unbranched alkanes of at least 4 members (excludes halogenated alkanes) is 1. The van der Waals surface area contributed by atoms with E-state index in [4.69, 9.17) is 11.6 Å². The highest BCUT2D eigenvalue weighted by Crippen LogP contribution is 2.37. The third-order valence-electron chi connectivity index (χ3n) is 3.47. The van der Waals surface area contributed by atoms with Gasteiger partial charge in [0.1, 0.15) is 0 Å². The van der Waals surface area contributed by atoms with Gasteiger partial charge in [0.05, 0.1) is 16.3 Å². The summed E-state index contributed by atoms with van der Waals surface area (Å²) < 4.78 is 0. The molecule has 1 aliphatic heterocycles. The Morgan fingerprint density at radius 1 is 1.37 bits per heavy atom. The summed E-state index contributed by atoms with van der Waals surface area (Å²) in [5.74, 6) is -1.27. The zero-order valence-corrected chi connectivity index (χ0v) is 11.7. The number of hydrogen-bond donors (Lipinski definition) is 2. The predicted octanol–water partition coefficient (Wildman–Crippen LogP) is 2.70. The van der Waals surface area contributed by atoms with Crippen LogP contribution in [0.4, 0.5) is 5.69 Å². The number of amides is 1. The normalized spacial score (nSPS) is 22.1. The molecule has 0 saturated carbocycles. The highest BCUT2D eigenvalue weighted by molar-refractivity contribution is 6.38. The molecule has 0 fully saturated rings. The second-order valence-corrected chi connectivity index (χ2v) is 5.27. The fourth-order valence-electron chi connectivity index (χ4n) is 2.25. The largest absolute Gasteiger partial charge is 0.373 e. The zero-order valence-electron chi connectivity index (χ0n) is 10.9. The Bertz CT molecular complexity index is 556. The third-order valence-corrected chi connectivity index (χ3v) is 3.79. The highest BCUT2D eigenvalue weighted by Gasteiger charge is 2.48. The second kappa shape index (κ2) is 4.94. The molecule has 0 saturated heterocycles. The second-order valence-electron chi connectivity index (χ2n) is 4.86. The molecule has 1 amide bonds. The van der Waals surface area contributed by atoms with E-state index >= 15 is 0 Å². The first-order valence-electron chi connectivity index (χ1n) is 6.29. The van der Waals surface area contributed by atoms with Crippen molar-refractivity contribution in [2.24, 2.45) is 0 Å². The summed E-state index contributed by atoms with van der Waals surface area (Å²) in [4.78, 5) is 24.5. The van der Waals surface area contributed by atoms with E-state index in [1.807, 2.05) is 6.92 Å². The van der Waals surface area contributed by atoms with E-state index in [9.17, 15) is 14.7 Å². The van der Waals surface area contributed by atoms with Gasteiger partial charge in [-0.05, 0) is 31.4 Å². The van der Waals surface area contributed by atoms with Crippen molar-refractivity contribution in [1.29, 1.82) is 0 Å². The maximum absolute atomic E-state index is 12.4. The number of halogens is 1. The third kappa shape index (κ3) is 2.15. The zero-order chi connectivity index (χ0) is 14.2. The van der Waals surface area contributed by atoms with E-state index < -0.39 is 17.3 Å². The highest BCUT2D eigenvalue weighted by atomic mass is 35.5. The van der Waals surface area contributed by atoms with E-state index in [2.05, 4.69) is 5.32 Å². The van der Waals surface area contributed by atoms with Crippen LogP contribution in [0.1, 0.15) is 42.1 Å². The molecule has 0 spiro atoms. The number of fused-ring (bicyclic) bond motifs is 1. The number of carbonyl (C=O) groups excluding carboxylic acids is 2. The summed E-state index contributed by atoms with van der Waals surface area (Å²) in [7, 11) is 0. The van der Waals surface area contributed by atoms with Crippen molar-refractivity contribution in [2.45, 2.75) is 38.7 Å². The number of nitrogens with one attached hydrogen (secondary N) is 1. The minimum absolute atomic E-state index is 0.109. The van der Waals surface area contributed by atoms with Crippen LogP contribution in [0.5, 0.6) is 0 Å². The summed E-state index contributed by atoms with van der Waals surface area (Å²) in [5, 5.41) is 13.2. The van der Waals surface area contributed by atoms with Gasteiger partial charge in [-0.25, -0.2) is 0 Å². The van der Waals surface area contributed by atoms with E-state index in [1.165, 1.54) is 0 Å². The van der Waals surface area contributed by atoms with Gasteiger partial charge in [-0.1, -0.05) is 31.0 Å². The van der Waals surface area contributed by atoms with Crippen molar-refractivity contribution in [3.63, 3.8) is 0 Å². The van der Waals surface area contributed by atoms with Gasteiger partial charge in [-0.15, -0.1) is 0 Å². The van der Waals surface area contributed by atoms with Crippen LogP contribution in [0.15, 0.2) is 12.1 Å². The molecule has 0 aromatic heterocycles. The standard InChI is InChI=1S/C14H16ClNO3/c1-3-4-7-14(19)12(17)10-9(15)6-5-8(2)11(10)16-13(14)18/h5-6,19H,3-4,7H2,1-2H3,(H,16,18). The predicted molar refractivity (Wildman–Crippen MR) is 73.6 cm³/mol. The molecule has 1 aliphatic rings. The molecule has 1 aromatic carbocycles. The quantitative estimate of drug-likeness (QED) is 0.837. The summed E-state index contributed by atoms with van der Waals surface area (Å²) in [6.07, 6.45) is 1.49. The summed E-state index contributed by atoms with van der Waals surface area (Å²) >= 11 is 6.03. The molecule has 2 rings (SSSR count). The number of aliphatic hydroxyl groups is 1. The Morgan fingerprint density at radius 2 is 2.05 bits per heavy atom. The van der Waals surface area contributed by atoms with Gasteiger partial charge in [0.25, 0.3) is 5.91 Å². The number of anilines is 1. The fraction of sp³-hybridized carbons (Fsp3) is 0.429. The lowest BCUT2D eigenvalue weighted by molar-refractivity contribution is -0.130. The van der Waals surface area contributed by atoms with Gasteiger partial charge in [0.2, 0.25) is 11.4 Å². The lowest BCUT2D eigenvalue weighted by Crippen LogP contribution is -2.53. The number of rotatable bonds is 3. The molecule has 5 heteroatoms. The monoisotopic (exact) mass is 281 g/mol. The van der Waals surface area contributed by atoms with E-state index in [-0.39, 0.29) is 17.0 Å². The molecule has 4 nitrogen and oxygen atoms in total. The van der Waals surface area contributed by atoms with Crippen molar-refractivity contribution < 1.29 is 14.7 Å². The first-order valence-corrected chi connectivity index (χ1v) is 6.67. The van der Waals surface area contributed by atoms with Gasteiger partial charge in [0, 0.05) is 0 Å². The van der Waals surface area contributed by atoms with Crippen molar-refractivity contribution in [2.75, 3.05) is 5.32 Å². The number of benzene rings is 1. The Hall–Kier alpha value is -1.39. The van der Waals surface area contributed by atoms with E-state index in [1.54, 1.807) is 19.1 Å². The molecule has 1 heterocycles. The van der Waals surface area contributed by atoms with Crippen LogP contribution in [0.3, 0.4) is 0 Å². The molecule has 1 atom stereocenters. The molecule has 19 heavy (non-hydrogen) atoms. The summed E-state index contributed by atoms with van der Waals surface area (Å²) in [6, 6.07) is 3.33. The van der Waals surface area contributed by atoms with Crippen molar-refractivity contribution in [1.82, 2.24) is 0 Å². The number of ketones is 1. The Labute approximate surface area is 116 Å². The molecule has 0 radical (unpaired) electrons. The molecule has 0 bridgehead atoms. The molecular weight excluding hydrogens is 266 g/mol. The van der Waals surface area contributed by atoms with Crippen LogP contribution in [-0.4, -0.2) is 22.4 Å². The lowest BCUT2D eigenvalue weighted by atomic mass is 9.82. The summed E-state index contributed by atoms with van der Waals surface area (Å²) in [5.41, 5.74) is -0.636. The Morgan fingerprint density at radius 3 is 2.68 bits per heavy atom. The van der Waals surface area contributed by atoms with Crippen molar-refractivity contribution in [3.8, 4) is 0 Å². The molecule has 1 unspecified atom stereocenters. The maximum atomic E-state index is 12.4. The molecule has 102 valence electrons. The van der Waals surface area contributed by atoms with Crippen LogP contribution in [0.25, 0.3) is 0 Å². The van der Waals surface area contributed by atoms with Gasteiger partial charge < -0.3 is 10.4 Å². The average Bonchev–Trinajstić information content (AvgIpc) is 2.38. The Balaban J connectivity index is 2.53. The van der Waals surface area contributed by atoms with Crippen molar-refractivity contribution in [3.05, 3.63) is 28.3 Å². The van der Waals surface area contributed by atoms with Crippen LogP contribution >= 0.6 is 11.6 Å².